The fourth-order valence-electron chi connectivity index (χ4n) is 3.16. The molecule has 0 saturated heterocycles. The Balaban J connectivity index is 2.92. The second-order valence-corrected chi connectivity index (χ2v) is 6.32. The second-order valence-electron chi connectivity index (χ2n) is 6.32. The largest absolute Gasteiger partial charge is 0.464 e. The number of esters is 1. The van der Waals surface area contributed by atoms with Gasteiger partial charge >= 0.3 is 12.1 Å². The Morgan fingerprint density at radius 1 is 1.12 bits per heavy atom. The van der Waals surface area contributed by atoms with Crippen LogP contribution < -0.4 is 17.1 Å². The van der Waals surface area contributed by atoms with Crippen LogP contribution in [-0.2, 0) is 24.6 Å². The van der Waals surface area contributed by atoms with E-state index < -0.39 is 17.6 Å². The van der Waals surface area contributed by atoms with Gasteiger partial charge in [-0.25, -0.2) is 36.1 Å². The zero-order valence-corrected chi connectivity index (χ0v) is 17.8. The van der Waals surface area contributed by atoms with Gasteiger partial charge in [0.1, 0.15) is 12.3 Å². The fourth-order valence-corrected chi connectivity index (χ4v) is 3.16. The van der Waals surface area contributed by atoms with Gasteiger partial charge in [0.2, 0.25) is 5.54 Å². The molecule has 0 spiro atoms. The number of aliphatic imine (C=N–C) groups is 1. The topological polar surface area (TPSA) is 149 Å². The van der Waals surface area contributed by atoms with Crippen LogP contribution in [0.3, 0.4) is 0 Å². The van der Waals surface area contributed by atoms with Crippen LogP contribution in [0.25, 0.3) is 5.57 Å². The Bertz CT molecular complexity index is 1020. The van der Waals surface area contributed by atoms with Gasteiger partial charge in [0.15, 0.2) is 0 Å². The molecular weight excluding hydrogens is 414 g/mol. The van der Waals surface area contributed by atoms with Crippen molar-refractivity contribution in [1.82, 2.24) is 10.4 Å². The molecule has 0 aromatic heterocycles. The van der Waals surface area contributed by atoms with Crippen LogP contribution in [0.15, 0.2) is 59.6 Å². The third-order valence-electron chi connectivity index (χ3n) is 4.48. The number of carbonyl (C=O) groups excluding carboxylic acids is 3. The first-order chi connectivity index (χ1) is 15.5. The maximum Gasteiger partial charge on any atom is 0.425 e. The minimum atomic E-state index is -2.22. The second kappa shape index (κ2) is 11.4. The zero-order valence-electron chi connectivity index (χ0n) is 17.8. The molecule has 0 bridgehead atoms. The molecule has 168 valence electrons. The van der Waals surface area contributed by atoms with Crippen molar-refractivity contribution in [3.63, 3.8) is 0 Å². The van der Waals surface area contributed by atoms with Crippen molar-refractivity contribution >= 4 is 35.6 Å². The maximum absolute atomic E-state index is 13.5. The number of amides is 1. The molecule has 0 aliphatic rings. The number of hydrazine groups is 2. The highest BCUT2D eigenvalue weighted by Gasteiger charge is 2.54. The Morgan fingerprint density at radius 2 is 1.81 bits per heavy atom. The Morgan fingerprint density at radius 3 is 2.41 bits per heavy atom. The van der Waals surface area contributed by atoms with E-state index in [0.29, 0.717) is 16.3 Å². The van der Waals surface area contributed by atoms with Crippen LogP contribution in [-0.4, -0.2) is 42.6 Å². The number of nitrogens with one attached hydrogen (secondary N) is 1. The zero-order chi connectivity index (χ0) is 23.6. The van der Waals surface area contributed by atoms with Crippen molar-refractivity contribution < 1.29 is 23.9 Å². The van der Waals surface area contributed by atoms with Crippen molar-refractivity contribution in [3.8, 4) is 0 Å². The summed E-state index contributed by atoms with van der Waals surface area (Å²) in [6.07, 6.45) is 0.187. The van der Waals surface area contributed by atoms with Crippen molar-refractivity contribution in [3.05, 3.63) is 65.7 Å². The van der Waals surface area contributed by atoms with Crippen molar-refractivity contribution in [1.29, 1.82) is 0 Å². The van der Waals surface area contributed by atoms with Crippen LogP contribution in [0.1, 0.15) is 25.0 Å². The van der Waals surface area contributed by atoms with E-state index in [0.717, 1.165) is 0 Å². The molecule has 0 saturated carbocycles. The summed E-state index contributed by atoms with van der Waals surface area (Å²) >= 11 is 0. The minimum Gasteiger partial charge on any atom is -0.464 e. The molecule has 2 rings (SSSR count). The molecule has 1 atom stereocenters. The number of benzene rings is 2. The first-order valence-electron chi connectivity index (χ1n) is 9.76. The van der Waals surface area contributed by atoms with Crippen LogP contribution in [0.2, 0.25) is 0 Å². The summed E-state index contributed by atoms with van der Waals surface area (Å²) in [5.74, 6) is 12.3. The Kier molecular flexibility index (Phi) is 8.67. The monoisotopic (exact) mass is 439 g/mol. The van der Waals surface area contributed by atoms with E-state index in [1.54, 1.807) is 62.3 Å². The molecule has 2 aromatic rings. The number of hydrogen-bond donors (Lipinski definition) is 3. The lowest BCUT2D eigenvalue weighted by Gasteiger charge is -2.38. The van der Waals surface area contributed by atoms with Gasteiger partial charge in [-0.3, -0.25) is 0 Å². The Hall–Kier alpha value is -3.98. The molecule has 32 heavy (non-hydrogen) atoms. The van der Waals surface area contributed by atoms with Crippen molar-refractivity contribution in [2.24, 2.45) is 16.7 Å². The molecule has 1 amide bonds. The molecule has 0 unspecified atom stereocenters. The SMILES string of the molecule is CCOC(=O)N(N)[C@](C(=O)OCC)(C(=C=O)c1ccccc1)c1cccc(N=CNN)c1. The molecule has 5 N–H and O–H groups in total. The van der Waals surface area contributed by atoms with Crippen molar-refractivity contribution in [2.75, 3.05) is 13.2 Å². The molecule has 0 heterocycles. The first-order valence-corrected chi connectivity index (χ1v) is 9.76. The number of carbonyl (C=O) groups is 2. The molecule has 10 nitrogen and oxygen atoms in total. The molecule has 10 heteroatoms. The molecule has 0 radical (unpaired) electrons. The van der Waals surface area contributed by atoms with Gasteiger partial charge in [-0.2, -0.15) is 0 Å². The summed E-state index contributed by atoms with van der Waals surface area (Å²) in [6.45, 7) is 3.13. The van der Waals surface area contributed by atoms with Crippen molar-refractivity contribution in [2.45, 2.75) is 19.4 Å². The van der Waals surface area contributed by atoms with E-state index in [9.17, 15) is 14.4 Å². The number of nitrogens with zero attached hydrogens (tertiary/aromatic N) is 2. The summed E-state index contributed by atoms with van der Waals surface area (Å²) < 4.78 is 10.3. The van der Waals surface area contributed by atoms with Crippen LogP contribution >= 0.6 is 0 Å². The number of nitrogens with two attached hydrogens (primary N) is 2. The molecule has 0 aliphatic carbocycles. The predicted molar refractivity (Wildman–Crippen MR) is 119 cm³/mol. The van der Waals surface area contributed by atoms with Crippen LogP contribution in [0.4, 0.5) is 10.5 Å². The summed E-state index contributed by atoms with van der Waals surface area (Å²) in [6, 6.07) is 14.5. The molecular formula is C22H25N5O5. The van der Waals surface area contributed by atoms with Gasteiger partial charge in [-0.1, -0.05) is 42.5 Å². The predicted octanol–water partition coefficient (Wildman–Crippen LogP) is 1.82. The van der Waals surface area contributed by atoms with E-state index in [1.807, 2.05) is 0 Å². The minimum absolute atomic E-state index is 0.0105. The smallest absolute Gasteiger partial charge is 0.425 e. The normalized spacial score (nSPS) is 12.4. The molecule has 2 aromatic carbocycles. The summed E-state index contributed by atoms with van der Waals surface area (Å²) in [7, 11) is 0. The highest BCUT2D eigenvalue weighted by atomic mass is 16.6. The van der Waals surface area contributed by atoms with E-state index in [4.69, 9.17) is 21.2 Å². The third kappa shape index (κ3) is 4.84. The van der Waals surface area contributed by atoms with Gasteiger partial charge in [-0.15, -0.1) is 0 Å². The van der Waals surface area contributed by atoms with Gasteiger partial charge < -0.3 is 14.9 Å². The summed E-state index contributed by atoms with van der Waals surface area (Å²) in [5.41, 5.74) is 0.646. The van der Waals surface area contributed by atoms with E-state index in [2.05, 4.69) is 10.4 Å². The maximum atomic E-state index is 13.5. The standard InChI is InChI=1S/C22H25N5O5/c1-3-31-20(29)22(27(24)21(30)32-4-2,19(14-28)16-9-6-5-7-10-16)17-11-8-12-18(13-17)25-15-26-23/h5-13,15H,3-4,23-24H2,1-2H3,(H,25,26)/t22-/m0/s1. The van der Waals surface area contributed by atoms with E-state index in [1.165, 1.54) is 18.5 Å². The van der Waals surface area contributed by atoms with Crippen LogP contribution in [0, 0.1) is 0 Å². The fraction of sp³-hybridized carbons (Fsp3) is 0.227. The number of rotatable bonds is 9. The van der Waals surface area contributed by atoms with E-state index in [-0.39, 0.29) is 24.4 Å². The summed E-state index contributed by atoms with van der Waals surface area (Å²) in [5, 5.41) is 0.547. The average molecular weight is 439 g/mol. The lowest BCUT2D eigenvalue weighted by molar-refractivity contribution is -0.153. The highest BCUT2D eigenvalue weighted by molar-refractivity contribution is 6.08. The van der Waals surface area contributed by atoms with Crippen LogP contribution in [0.5, 0.6) is 0 Å². The Labute approximate surface area is 185 Å². The summed E-state index contributed by atoms with van der Waals surface area (Å²) in [4.78, 5) is 42.7. The highest BCUT2D eigenvalue weighted by Crippen LogP contribution is 2.41. The van der Waals surface area contributed by atoms with Gasteiger partial charge in [0.05, 0.1) is 24.5 Å². The lowest BCUT2D eigenvalue weighted by atomic mass is 9.79. The van der Waals surface area contributed by atoms with Gasteiger partial charge in [0.25, 0.3) is 0 Å². The van der Waals surface area contributed by atoms with E-state index >= 15 is 0 Å². The molecule has 0 fully saturated rings. The number of hydrogen-bond acceptors (Lipinski definition) is 8. The van der Waals surface area contributed by atoms with Gasteiger partial charge in [-0.05, 0) is 37.1 Å². The van der Waals surface area contributed by atoms with Gasteiger partial charge in [0, 0.05) is 0 Å². The average Bonchev–Trinajstić information content (AvgIpc) is 2.81. The first kappa shape index (κ1) is 24.3. The number of ether oxygens (including phenoxy) is 2. The third-order valence-corrected chi connectivity index (χ3v) is 4.48. The molecule has 0 aliphatic heterocycles. The lowest BCUT2D eigenvalue weighted by Crippen LogP contribution is -2.59. The quantitative estimate of drug-likeness (QED) is 0.102.